The Labute approximate surface area is 95.3 Å². The lowest BCUT2D eigenvalue weighted by Crippen LogP contribution is -2.06. The van der Waals surface area contributed by atoms with E-state index in [1.54, 1.807) is 0 Å². The Morgan fingerprint density at radius 3 is 1.81 bits per heavy atom. The number of hydrogen-bond acceptors (Lipinski definition) is 3. The number of nitrogens with zero attached hydrogens (tertiary/aromatic N) is 3. The maximum Gasteiger partial charge on any atom is 0.0848 e. The van der Waals surface area contributed by atoms with E-state index in [1.807, 2.05) is 0 Å². The summed E-state index contributed by atoms with van der Waals surface area (Å²) in [6.45, 7) is 1.92. The van der Waals surface area contributed by atoms with Gasteiger partial charge in [-0.2, -0.15) is 0 Å². The molecule has 2 aliphatic rings. The van der Waals surface area contributed by atoms with Crippen LogP contribution in [0.2, 0.25) is 0 Å². The molecule has 1 aromatic heterocycles. The molecule has 0 amide bonds. The van der Waals surface area contributed by atoms with Gasteiger partial charge in [-0.25, -0.2) is 4.98 Å². The van der Waals surface area contributed by atoms with Crippen molar-refractivity contribution in [3.05, 3.63) is 29.6 Å². The third-order valence-corrected chi connectivity index (χ3v) is 3.09. The number of rotatable bonds is 2. The summed E-state index contributed by atoms with van der Waals surface area (Å²) in [6.07, 6.45) is 4.48. The van der Waals surface area contributed by atoms with Crippen LogP contribution in [0.1, 0.15) is 37.1 Å². The molecule has 0 radical (unpaired) electrons. The van der Waals surface area contributed by atoms with Crippen LogP contribution in [0.4, 0.5) is 0 Å². The summed E-state index contributed by atoms with van der Waals surface area (Å²) in [6, 6.07) is 6.19. The molecule has 3 heteroatoms. The van der Waals surface area contributed by atoms with Crippen LogP contribution in [0.25, 0.3) is 0 Å². The minimum absolute atomic E-state index is 0.961. The summed E-state index contributed by atoms with van der Waals surface area (Å²) in [5.41, 5.74) is 4.43. The third kappa shape index (κ3) is 1.77. The van der Waals surface area contributed by atoms with E-state index in [1.165, 1.54) is 24.3 Å². The van der Waals surface area contributed by atoms with Crippen LogP contribution in [-0.4, -0.2) is 29.5 Å². The predicted molar refractivity (Wildman–Crippen MR) is 65.5 cm³/mol. The van der Waals surface area contributed by atoms with Crippen molar-refractivity contribution in [3.63, 3.8) is 0 Å². The van der Waals surface area contributed by atoms with Crippen LogP contribution in [0.5, 0.6) is 0 Å². The highest BCUT2D eigenvalue weighted by atomic mass is 14.9. The van der Waals surface area contributed by atoms with E-state index >= 15 is 0 Å². The highest BCUT2D eigenvalue weighted by molar-refractivity contribution is 6.03. The summed E-state index contributed by atoms with van der Waals surface area (Å²) < 4.78 is 0. The van der Waals surface area contributed by atoms with E-state index in [2.05, 4.69) is 33.2 Å². The molecular weight excluding hydrogens is 198 g/mol. The van der Waals surface area contributed by atoms with E-state index in [0.717, 1.165) is 37.3 Å². The molecule has 3 heterocycles. The van der Waals surface area contributed by atoms with Crippen molar-refractivity contribution in [1.29, 1.82) is 0 Å². The maximum absolute atomic E-state index is 4.68. The second kappa shape index (κ2) is 4.16. The lowest BCUT2D eigenvalue weighted by atomic mass is 10.1. The maximum atomic E-state index is 4.68. The second-order valence-electron chi connectivity index (χ2n) is 4.27. The van der Waals surface area contributed by atoms with Gasteiger partial charge in [0.15, 0.2) is 0 Å². The summed E-state index contributed by atoms with van der Waals surface area (Å²) in [7, 11) is 0. The number of aliphatic imine (C=N–C) groups is 2. The van der Waals surface area contributed by atoms with Gasteiger partial charge in [0.2, 0.25) is 0 Å². The fourth-order valence-corrected chi connectivity index (χ4v) is 2.25. The Bertz CT molecular complexity index is 421. The van der Waals surface area contributed by atoms with Crippen molar-refractivity contribution in [1.82, 2.24) is 4.98 Å². The van der Waals surface area contributed by atoms with Crippen molar-refractivity contribution in [2.45, 2.75) is 25.7 Å². The zero-order valence-corrected chi connectivity index (χ0v) is 9.32. The first-order chi connectivity index (χ1) is 7.93. The Balaban J connectivity index is 1.93. The van der Waals surface area contributed by atoms with E-state index < -0.39 is 0 Å². The molecule has 2 aliphatic heterocycles. The molecule has 0 N–H and O–H groups in total. The van der Waals surface area contributed by atoms with E-state index in [4.69, 9.17) is 0 Å². The standard InChI is InChI=1S/C13H15N3/c1-4-12(10-6-2-8-14-10)16-13(5-1)11-7-3-9-15-11/h1,4-5H,2-3,6-9H2. The molecule has 0 spiro atoms. The summed E-state index contributed by atoms with van der Waals surface area (Å²) >= 11 is 0. The summed E-state index contributed by atoms with van der Waals surface area (Å²) in [5.74, 6) is 0. The first-order valence-corrected chi connectivity index (χ1v) is 5.98. The van der Waals surface area contributed by atoms with Crippen molar-refractivity contribution in [2.75, 3.05) is 13.1 Å². The van der Waals surface area contributed by atoms with Gasteiger partial charge in [0.25, 0.3) is 0 Å². The SMILES string of the molecule is c1cc(C2=NCCC2)nc(C2=NCCC2)c1. The molecule has 0 aromatic carbocycles. The van der Waals surface area contributed by atoms with Gasteiger partial charge in [0.1, 0.15) is 0 Å². The van der Waals surface area contributed by atoms with Crippen LogP contribution in [0.3, 0.4) is 0 Å². The Kier molecular flexibility index (Phi) is 2.52. The fraction of sp³-hybridized carbons (Fsp3) is 0.462. The molecule has 0 bridgehead atoms. The molecule has 3 rings (SSSR count). The van der Waals surface area contributed by atoms with Gasteiger partial charge in [-0.3, -0.25) is 9.98 Å². The van der Waals surface area contributed by atoms with Gasteiger partial charge < -0.3 is 0 Å². The molecule has 16 heavy (non-hydrogen) atoms. The van der Waals surface area contributed by atoms with Crippen LogP contribution < -0.4 is 0 Å². The molecule has 1 aromatic rings. The molecule has 0 saturated carbocycles. The van der Waals surface area contributed by atoms with Gasteiger partial charge in [-0.15, -0.1) is 0 Å². The molecule has 0 unspecified atom stereocenters. The topological polar surface area (TPSA) is 37.6 Å². The van der Waals surface area contributed by atoms with Crippen LogP contribution >= 0.6 is 0 Å². The van der Waals surface area contributed by atoms with Gasteiger partial charge >= 0.3 is 0 Å². The first kappa shape index (κ1) is 9.70. The first-order valence-electron chi connectivity index (χ1n) is 5.98. The minimum Gasteiger partial charge on any atom is -0.288 e. The van der Waals surface area contributed by atoms with E-state index in [9.17, 15) is 0 Å². The number of pyridine rings is 1. The van der Waals surface area contributed by atoms with Gasteiger partial charge in [-0.1, -0.05) is 6.07 Å². The Morgan fingerprint density at radius 1 is 0.812 bits per heavy atom. The monoisotopic (exact) mass is 213 g/mol. The Morgan fingerprint density at radius 2 is 1.38 bits per heavy atom. The summed E-state index contributed by atoms with van der Waals surface area (Å²) in [5, 5.41) is 0. The smallest absolute Gasteiger partial charge is 0.0848 e. The van der Waals surface area contributed by atoms with Gasteiger partial charge in [0.05, 0.1) is 22.8 Å². The molecular formula is C13H15N3. The number of hydrogen-bond donors (Lipinski definition) is 0. The predicted octanol–water partition coefficient (Wildman–Crippen LogP) is 2.25. The molecule has 82 valence electrons. The van der Waals surface area contributed by atoms with Gasteiger partial charge in [0, 0.05) is 13.1 Å². The minimum atomic E-state index is 0.961. The highest BCUT2D eigenvalue weighted by Gasteiger charge is 2.14. The zero-order valence-electron chi connectivity index (χ0n) is 9.32. The van der Waals surface area contributed by atoms with Gasteiger partial charge in [-0.05, 0) is 37.8 Å². The van der Waals surface area contributed by atoms with Crippen LogP contribution in [0.15, 0.2) is 28.2 Å². The van der Waals surface area contributed by atoms with Crippen molar-refractivity contribution >= 4 is 11.4 Å². The second-order valence-corrected chi connectivity index (χ2v) is 4.27. The molecule has 0 saturated heterocycles. The van der Waals surface area contributed by atoms with Crippen molar-refractivity contribution in [3.8, 4) is 0 Å². The summed E-state index contributed by atoms with van der Waals surface area (Å²) in [4.78, 5) is 13.7. The molecule has 0 atom stereocenters. The van der Waals surface area contributed by atoms with Crippen molar-refractivity contribution < 1.29 is 0 Å². The lowest BCUT2D eigenvalue weighted by molar-refractivity contribution is 0.949. The van der Waals surface area contributed by atoms with E-state index in [-0.39, 0.29) is 0 Å². The number of aromatic nitrogens is 1. The molecule has 0 fully saturated rings. The third-order valence-electron chi connectivity index (χ3n) is 3.09. The van der Waals surface area contributed by atoms with Crippen LogP contribution in [-0.2, 0) is 0 Å². The molecule has 0 aliphatic carbocycles. The molecule has 3 nitrogen and oxygen atoms in total. The quantitative estimate of drug-likeness (QED) is 0.742. The fourth-order valence-electron chi connectivity index (χ4n) is 2.25. The highest BCUT2D eigenvalue weighted by Crippen LogP contribution is 2.15. The normalized spacial score (nSPS) is 19.8. The zero-order chi connectivity index (χ0) is 10.8. The lowest BCUT2D eigenvalue weighted by Gasteiger charge is -2.03. The van der Waals surface area contributed by atoms with Crippen LogP contribution in [0, 0.1) is 0 Å². The average molecular weight is 213 g/mol. The van der Waals surface area contributed by atoms with E-state index in [0.29, 0.717) is 0 Å². The Hall–Kier alpha value is -1.51. The largest absolute Gasteiger partial charge is 0.288 e. The average Bonchev–Trinajstić information content (AvgIpc) is 3.03. The van der Waals surface area contributed by atoms with Crippen molar-refractivity contribution in [2.24, 2.45) is 9.98 Å².